The SMILES string of the molecule is CN(C(N)=NCc1ccc(C#N)cc1)C1CC1.I. The fraction of sp³-hybridized carbons (Fsp3) is 0.385. The molecule has 2 rings (SSSR count). The van der Waals surface area contributed by atoms with Gasteiger partial charge in [0.2, 0.25) is 0 Å². The molecule has 0 spiro atoms. The number of nitrogens with zero attached hydrogens (tertiary/aromatic N) is 3. The Hall–Kier alpha value is -1.29. The van der Waals surface area contributed by atoms with E-state index in [0.29, 0.717) is 24.1 Å². The molecule has 1 aromatic carbocycles. The van der Waals surface area contributed by atoms with Gasteiger partial charge in [0.15, 0.2) is 5.96 Å². The second-order valence-electron chi connectivity index (χ2n) is 4.33. The highest BCUT2D eigenvalue weighted by atomic mass is 127. The summed E-state index contributed by atoms with van der Waals surface area (Å²) in [6.45, 7) is 0.564. The number of nitriles is 1. The van der Waals surface area contributed by atoms with Crippen molar-refractivity contribution >= 4 is 29.9 Å². The summed E-state index contributed by atoms with van der Waals surface area (Å²) in [5.74, 6) is 0.594. The smallest absolute Gasteiger partial charge is 0.191 e. The van der Waals surface area contributed by atoms with Gasteiger partial charge in [-0.25, -0.2) is 4.99 Å². The third-order valence-electron chi connectivity index (χ3n) is 2.96. The molecule has 96 valence electrons. The molecular formula is C13H17IN4. The normalized spacial score (nSPS) is 14.6. The Morgan fingerprint density at radius 3 is 2.56 bits per heavy atom. The summed E-state index contributed by atoms with van der Waals surface area (Å²) in [6.07, 6.45) is 2.42. The summed E-state index contributed by atoms with van der Waals surface area (Å²) in [4.78, 5) is 6.38. The lowest BCUT2D eigenvalue weighted by Crippen LogP contribution is -2.35. The second-order valence-corrected chi connectivity index (χ2v) is 4.33. The number of halogens is 1. The van der Waals surface area contributed by atoms with E-state index in [4.69, 9.17) is 11.0 Å². The molecule has 0 atom stereocenters. The van der Waals surface area contributed by atoms with Gasteiger partial charge >= 0.3 is 0 Å². The number of hydrogen-bond acceptors (Lipinski definition) is 2. The molecule has 4 nitrogen and oxygen atoms in total. The van der Waals surface area contributed by atoms with Crippen LogP contribution in [0.25, 0.3) is 0 Å². The van der Waals surface area contributed by atoms with E-state index < -0.39 is 0 Å². The zero-order valence-electron chi connectivity index (χ0n) is 10.3. The number of benzene rings is 1. The number of hydrogen-bond donors (Lipinski definition) is 1. The third kappa shape index (κ3) is 3.88. The molecule has 0 aliphatic heterocycles. The standard InChI is InChI=1S/C13H16N4.HI/c1-17(12-6-7-12)13(15)16-9-11-4-2-10(8-14)3-5-11;/h2-5,12H,6-7,9H2,1H3,(H2,15,16);1H. The Balaban J connectivity index is 0.00000162. The first-order chi connectivity index (χ1) is 8.20. The van der Waals surface area contributed by atoms with Gasteiger partial charge in [0, 0.05) is 13.1 Å². The second kappa shape index (κ2) is 6.59. The van der Waals surface area contributed by atoms with Crippen molar-refractivity contribution in [1.82, 2.24) is 4.90 Å². The average molecular weight is 356 g/mol. The van der Waals surface area contributed by atoms with E-state index >= 15 is 0 Å². The first-order valence-corrected chi connectivity index (χ1v) is 5.72. The molecule has 0 bridgehead atoms. The highest BCUT2D eigenvalue weighted by Crippen LogP contribution is 2.24. The number of guanidine groups is 1. The van der Waals surface area contributed by atoms with Crippen molar-refractivity contribution in [2.45, 2.75) is 25.4 Å². The highest BCUT2D eigenvalue weighted by Gasteiger charge is 2.27. The number of rotatable bonds is 3. The molecule has 1 saturated carbocycles. The summed E-state index contributed by atoms with van der Waals surface area (Å²) in [5, 5.41) is 8.68. The van der Waals surface area contributed by atoms with E-state index in [1.807, 2.05) is 24.1 Å². The lowest BCUT2D eigenvalue weighted by atomic mass is 10.1. The largest absolute Gasteiger partial charge is 0.370 e. The van der Waals surface area contributed by atoms with E-state index in [9.17, 15) is 0 Å². The average Bonchev–Trinajstić information content (AvgIpc) is 3.20. The lowest BCUT2D eigenvalue weighted by molar-refractivity contribution is 0.487. The summed E-state index contributed by atoms with van der Waals surface area (Å²) in [5.41, 5.74) is 7.62. The van der Waals surface area contributed by atoms with Crippen molar-refractivity contribution in [2.24, 2.45) is 10.7 Å². The predicted octanol–water partition coefficient (Wildman–Crippen LogP) is 2.09. The van der Waals surface area contributed by atoms with Crippen LogP contribution in [0.2, 0.25) is 0 Å². The maximum Gasteiger partial charge on any atom is 0.191 e. The van der Waals surface area contributed by atoms with Crippen LogP contribution in [0, 0.1) is 11.3 Å². The molecule has 0 heterocycles. The van der Waals surface area contributed by atoms with Crippen molar-refractivity contribution < 1.29 is 0 Å². The van der Waals surface area contributed by atoms with Gasteiger partial charge in [0.05, 0.1) is 18.2 Å². The Kier molecular flexibility index (Phi) is 5.41. The van der Waals surface area contributed by atoms with Gasteiger partial charge in [0.25, 0.3) is 0 Å². The summed E-state index contributed by atoms with van der Waals surface area (Å²) >= 11 is 0. The van der Waals surface area contributed by atoms with Gasteiger partial charge < -0.3 is 10.6 Å². The van der Waals surface area contributed by atoms with Gasteiger partial charge in [-0.1, -0.05) is 12.1 Å². The molecule has 1 aliphatic carbocycles. The predicted molar refractivity (Wildman–Crippen MR) is 82.7 cm³/mol. The minimum Gasteiger partial charge on any atom is -0.370 e. The molecule has 0 saturated heterocycles. The minimum absolute atomic E-state index is 0. The van der Waals surface area contributed by atoms with Crippen LogP contribution in [-0.4, -0.2) is 23.9 Å². The van der Waals surface area contributed by atoms with Gasteiger partial charge in [-0.3, -0.25) is 0 Å². The topological polar surface area (TPSA) is 65.4 Å². The monoisotopic (exact) mass is 356 g/mol. The zero-order chi connectivity index (χ0) is 12.3. The molecule has 0 amide bonds. The molecule has 1 aromatic rings. The van der Waals surface area contributed by atoms with Crippen LogP contribution < -0.4 is 5.73 Å². The Morgan fingerprint density at radius 1 is 1.44 bits per heavy atom. The zero-order valence-corrected chi connectivity index (χ0v) is 12.7. The first kappa shape index (κ1) is 14.8. The fourth-order valence-corrected chi connectivity index (χ4v) is 1.62. The third-order valence-corrected chi connectivity index (χ3v) is 2.96. The van der Waals surface area contributed by atoms with E-state index in [-0.39, 0.29) is 24.0 Å². The van der Waals surface area contributed by atoms with Crippen molar-refractivity contribution in [3.8, 4) is 6.07 Å². The van der Waals surface area contributed by atoms with Crippen molar-refractivity contribution in [2.75, 3.05) is 7.05 Å². The van der Waals surface area contributed by atoms with Crippen LogP contribution in [-0.2, 0) is 6.54 Å². The van der Waals surface area contributed by atoms with Gasteiger partial charge in [-0.05, 0) is 30.5 Å². The molecular weight excluding hydrogens is 339 g/mol. The van der Waals surface area contributed by atoms with E-state index in [1.165, 1.54) is 12.8 Å². The molecule has 1 fully saturated rings. The van der Waals surface area contributed by atoms with Crippen molar-refractivity contribution in [3.63, 3.8) is 0 Å². The molecule has 18 heavy (non-hydrogen) atoms. The van der Waals surface area contributed by atoms with E-state index in [2.05, 4.69) is 11.1 Å². The van der Waals surface area contributed by atoms with Crippen LogP contribution in [0.5, 0.6) is 0 Å². The fourth-order valence-electron chi connectivity index (χ4n) is 1.62. The molecule has 1 aliphatic rings. The lowest BCUT2D eigenvalue weighted by Gasteiger charge is -2.16. The van der Waals surface area contributed by atoms with E-state index in [0.717, 1.165) is 5.56 Å². The van der Waals surface area contributed by atoms with Gasteiger partial charge in [-0.2, -0.15) is 5.26 Å². The Morgan fingerprint density at radius 2 is 2.06 bits per heavy atom. The van der Waals surface area contributed by atoms with Crippen molar-refractivity contribution in [1.29, 1.82) is 5.26 Å². The number of nitrogens with two attached hydrogens (primary N) is 1. The van der Waals surface area contributed by atoms with Crippen LogP contribution in [0.15, 0.2) is 29.3 Å². The van der Waals surface area contributed by atoms with Gasteiger partial charge in [-0.15, -0.1) is 24.0 Å². The van der Waals surface area contributed by atoms with E-state index in [1.54, 1.807) is 12.1 Å². The Bertz CT molecular complexity index is 457. The number of aliphatic imine (C=N–C) groups is 1. The minimum atomic E-state index is 0. The maximum atomic E-state index is 8.68. The summed E-state index contributed by atoms with van der Waals surface area (Å²) in [7, 11) is 1.98. The first-order valence-electron chi connectivity index (χ1n) is 5.72. The van der Waals surface area contributed by atoms with Crippen LogP contribution >= 0.6 is 24.0 Å². The molecule has 0 radical (unpaired) electrons. The highest BCUT2D eigenvalue weighted by molar-refractivity contribution is 14.0. The summed E-state index contributed by atoms with van der Waals surface area (Å²) < 4.78 is 0. The van der Waals surface area contributed by atoms with Crippen molar-refractivity contribution in [3.05, 3.63) is 35.4 Å². The maximum absolute atomic E-state index is 8.68. The molecule has 0 unspecified atom stereocenters. The van der Waals surface area contributed by atoms with Crippen LogP contribution in [0.1, 0.15) is 24.0 Å². The van der Waals surface area contributed by atoms with Crippen LogP contribution in [0.3, 0.4) is 0 Å². The molecule has 5 heteroatoms. The summed E-state index contributed by atoms with van der Waals surface area (Å²) in [6, 6.07) is 10.1. The molecule has 2 N–H and O–H groups in total. The van der Waals surface area contributed by atoms with Crippen LogP contribution in [0.4, 0.5) is 0 Å². The van der Waals surface area contributed by atoms with Gasteiger partial charge in [0.1, 0.15) is 0 Å². The Labute approximate surface area is 125 Å². The molecule has 0 aromatic heterocycles. The quantitative estimate of drug-likeness (QED) is 0.512.